The van der Waals surface area contributed by atoms with Crippen LogP contribution in [0.25, 0.3) is 5.57 Å². The Bertz CT molecular complexity index is 1280. The number of halogens is 1. The topological polar surface area (TPSA) is 57.7 Å². The Morgan fingerprint density at radius 3 is 2.61 bits per heavy atom. The quantitative estimate of drug-likeness (QED) is 0.298. The molecule has 1 heterocycles. The van der Waals surface area contributed by atoms with Crippen molar-refractivity contribution in [1.82, 2.24) is 9.21 Å². The second-order valence-electron chi connectivity index (χ2n) is 10.2. The summed E-state index contributed by atoms with van der Waals surface area (Å²) in [6.07, 6.45) is 23.8. The van der Waals surface area contributed by atoms with Crippen molar-refractivity contribution in [1.29, 1.82) is 0 Å². The molecule has 1 saturated carbocycles. The minimum absolute atomic E-state index is 0.0281. The standard InChI is InChI=1S/C31H33ClN2O3S/c32-27-16-13-25(14-17-27)24-11-8-12-28(18-15-24)38(37)34(22-30(36)33-19-6-7-20-33)31(23-35)21-29(31)26-9-4-2-1-3-5-10-26/h1-4,8,10-11,13-18,23,29H,5-7,9,12,19-22H2/b3-1-,4-2?,26-10+. The van der Waals surface area contributed by atoms with Crippen LogP contribution in [0.2, 0.25) is 5.02 Å². The second kappa shape index (κ2) is 11.9. The number of amides is 1. The Labute approximate surface area is 232 Å². The third kappa shape index (κ3) is 5.78. The van der Waals surface area contributed by atoms with E-state index in [9.17, 15) is 13.8 Å². The molecular formula is C31H33ClN2O3S. The van der Waals surface area contributed by atoms with Crippen molar-refractivity contribution in [2.24, 2.45) is 5.92 Å². The number of hydrogen-bond donors (Lipinski definition) is 0. The molecule has 0 aromatic heterocycles. The number of carbonyl (C=O) groups excluding carboxylic acids is 2. The summed E-state index contributed by atoms with van der Waals surface area (Å²) >= 11 is 6.05. The Morgan fingerprint density at radius 2 is 1.84 bits per heavy atom. The maximum absolute atomic E-state index is 14.2. The van der Waals surface area contributed by atoms with Gasteiger partial charge in [0.1, 0.15) is 17.3 Å². The third-order valence-corrected chi connectivity index (χ3v) is 9.62. The Balaban J connectivity index is 1.44. The van der Waals surface area contributed by atoms with Gasteiger partial charge in [-0.2, -0.15) is 4.31 Å². The van der Waals surface area contributed by atoms with Crippen molar-refractivity contribution in [3.05, 3.63) is 100 Å². The van der Waals surface area contributed by atoms with E-state index >= 15 is 0 Å². The molecule has 1 aromatic rings. The van der Waals surface area contributed by atoms with Gasteiger partial charge >= 0.3 is 0 Å². The minimum atomic E-state index is -1.65. The molecule has 0 spiro atoms. The molecule has 1 saturated heterocycles. The fraction of sp³-hybridized carbons (Fsp3) is 0.355. The van der Waals surface area contributed by atoms with E-state index in [1.807, 2.05) is 65.6 Å². The van der Waals surface area contributed by atoms with Crippen LogP contribution >= 0.6 is 11.6 Å². The third-order valence-electron chi connectivity index (χ3n) is 7.75. The lowest BCUT2D eigenvalue weighted by atomic mass is 10.0. The van der Waals surface area contributed by atoms with Gasteiger partial charge in [0, 0.05) is 35.4 Å². The number of likely N-dealkylation sites (tertiary alicyclic amines) is 1. The molecule has 0 radical (unpaired) electrons. The number of allylic oxidation sites excluding steroid dienone is 11. The van der Waals surface area contributed by atoms with Crippen LogP contribution in [0.3, 0.4) is 0 Å². The van der Waals surface area contributed by atoms with Crippen LogP contribution < -0.4 is 0 Å². The van der Waals surface area contributed by atoms with Crippen LogP contribution in [-0.2, 0) is 20.6 Å². The molecule has 2 fully saturated rings. The zero-order valence-electron chi connectivity index (χ0n) is 21.4. The second-order valence-corrected chi connectivity index (χ2v) is 12.1. The van der Waals surface area contributed by atoms with Gasteiger partial charge in [-0.05, 0) is 61.4 Å². The molecular weight excluding hydrogens is 516 g/mol. The van der Waals surface area contributed by atoms with Gasteiger partial charge in [0.05, 0.1) is 12.1 Å². The van der Waals surface area contributed by atoms with Crippen molar-refractivity contribution in [2.75, 3.05) is 19.6 Å². The molecule has 0 N–H and O–H groups in total. The van der Waals surface area contributed by atoms with Crippen LogP contribution in [0.15, 0.2) is 89.4 Å². The molecule has 1 aliphatic heterocycles. The van der Waals surface area contributed by atoms with Gasteiger partial charge < -0.3 is 9.69 Å². The van der Waals surface area contributed by atoms with Crippen molar-refractivity contribution < 1.29 is 13.8 Å². The van der Waals surface area contributed by atoms with E-state index in [1.54, 1.807) is 4.31 Å². The molecule has 5 nitrogen and oxygen atoms in total. The normalized spacial score (nSPS) is 27.9. The Morgan fingerprint density at radius 1 is 1.08 bits per heavy atom. The van der Waals surface area contributed by atoms with Crippen LogP contribution in [0.5, 0.6) is 0 Å². The zero-order valence-corrected chi connectivity index (χ0v) is 23.0. The molecule has 4 aliphatic rings. The van der Waals surface area contributed by atoms with Gasteiger partial charge in [0.25, 0.3) is 0 Å². The molecule has 1 aromatic carbocycles. The average Bonchev–Trinajstić information content (AvgIpc) is 3.48. The van der Waals surface area contributed by atoms with Gasteiger partial charge in [-0.3, -0.25) is 4.79 Å². The maximum Gasteiger partial charge on any atom is 0.237 e. The summed E-state index contributed by atoms with van der Waals surface area (Å²) in [5.74, 6) is -0.104. The van der Waals surface area contributed by atoms with Gasteiger partial charge in [-0.15, -0.1) is 0 Å². The van der Waals surface area contributed by atoms with E-state index in [2.05, 4.69) is 18.2 Å². The van der Waals surface area contributed by atoms with E-state index in [4.69, 9.17) is 11.6 Å². The number of nitrogens with zero attached hydrogens (tertiary/aromatic N) is 2. The van der Waals surface area contributed by atoms with Gasteiger partial charge in [0.2, 0.25) is 5.91 Å². The summed E-state index contributed by atoms with van der Waals surface area (Å²) in [5, 5.41) is 0.673. The molecule has 0 bridgehead atoms. The number of rotatable bonds is 8. The first-order chi connectivity index (χ1) is 18.5. The molecule has 198 valence electrons. The lowest BCUT2D eigenvalue weighted by molar-refractivity contribution is -0.131. The molecule has 3 atom stereocenters. The first kappa shape index (κ1) is 26.8. The summed E-state index contributed by atoms with van der Waals surface area (Å²) in [6, 6.07) is 7.61. The molecule has 3 aliphatic carbocycles. The molecule has 1 amide bonds. The van der Waals surface area contributed by atoms with Gasteiger partial charge in [-0.1, -0.05) is 77.9 Å². The highest BCUT2D eigenvalue weighted by Crippen LogP contribution is 2.53. The van der Waals surface area contributed by atoms with E-state index in [0.29, 0.717) is 22.8 Å². The van der Waals surface area contributed by atoms with E-state index < -0.39 is 16.5 Å². The highest BCUT2D eigenvalue weighted by Gasteiger charge is 2.62. The van der Waals surface area contributed by atoms with Crippen LogP contribution in [-0.4, -0.2) is 50.8 Å². The minimum Gasteiger partial charge on any atom is -0.342 e. The average molecular weight is 549 g/mol. The first-order valence-electron chi connectivity index (χ1n) is 13.3. The maximum atomic E-state index is 14.2. The number of benzene rings is 1. The predicted molar refractivity (Wildman–Crippen MR) is 154 cm³/mol. The number of hydrogen-bond acceptors (Lipinski definition) is 3. The summed E-state index contributed by atoms with van der Waals surface area (Å²) in [5.41, 5.74) is 2.23. The van der Waals surface area contributed by atoms with Crippen molar-refractivity contribution in [2.45, 2.75) is 44.1 Å². The van der Waals surface area contributed by atoms with Crippen molar-refractivity contribution >= 4 is 40.4 Å². The predicted octanol–water partition coefficient (Wildman–Crippen LogP) is 5.95. The summed E-state index contributed by atoms with van der Waals surface area (Å²) in [4.78, 5) is 28.6. The zero-order chi connectivity index (χ0) is 26.5. The van der Waals surface area contributed by atoms with E-state index in [-0.39, 0.29) is 18.4 Å². The van der Waals surface area contributed by atoms with Gasteiger partial charge in [0.15, 0.2) is 0 Å². The number of aldehydes is 1. The fourth-order valence-corrected chi connectivity index (χ4v) is 7.09. The van der Waals surface area contributed by atoms with Crippen LogP contribution in [0, 0.1) is 5.92 Å². The SMILES string of the molecule is O=CC1(N(CC(=O)N2CCCC2)S(=O)C2=CC=C(c3ccc(Cl)cc3)C=CC2)CC1/C1=C/C/C=C\C=CC1. The largest absolute Gasteiger partial charge is 0.342 e. The summed E-state index contributed by atoms with van der Waals surface area (Å²) < 4.78 is 15.9. The Hall–Kier alpha value is -2.80. The highest BCUT2D eigenvalue weighted by atomic mass is 35.5. The van der Waals surface area contributed by atoms with Crippen molar-refractivity contribution in [3.8, 4) is 0 Å². The van der Waals surface area contributed by atoms with Crippen LogP contribution in [0.4, 0.5) is 0 Å². The first-order valence-corrected chi connectivity index (χ1v) is 14.8. The summed E-state index contributed by atoms with van der Waals surface area (Å²) in [6.45, 7) is 1.41. The highest BCUT2D eigenvalue weighted by molar-refractivity contribution is 7.86. The molecule has 7 heteroatoms. The lowest BCUT2D eigenvalue weighted by Crippen LogP contribution is -2.48. The molecule has 5 rings (SSSR count). The van der Waals surface area contributed by atoms with Crippen molar-refractivity contribution in [3.63, 3.8) is 0 Å². The molecule has 3 unspecified atom stereocenters. The van der Waals surface area contributed by atoms with E-state index in [1.165, 1.54) is 5.57 Å². The fourth-order valence-electron chi connectivity index (χ4n) is 5.48. The monoisotopic (exact) mass is 548 g/mol. The lowest BCUT2D eigenvalue weighted by Gasteiger charge is -2.30. The summed E-state index contributed by atoms with van der Waals surface area (Å²) in [7, 11) is -1.65. The van der Waals surface area contributed by atoms with E-state index in [0.717, 1.165) is 56.2 Å². The molecule has 38 heavy (non-hydrogen) atoms. The smallest absolute Gasteiger partial charge is 0.237 e. The van der Waals surface area contributed by atoms with Gasteiger partial charge in [-0.25, -0.2) is 4.21 Å². The van der Waals surface area contributed by atoms with Crippen LogP contribution in [0.1, 0.15) is 44.1 Å². The number of carbonyl (C=O) groups is 2. The Kier molecular flexibility index (Phi) is 8.42.